The van der Waals surface area contributed by atoms with Crippen molar-refractivity contribution in [1.82, 2.24) is 20.2 Å². The summed E-state index contributed by atoms with van der Waals surface area (Å²) in [6, 6.07) is 15.7. The number of aliphatic imine (C=N–C) groups is 1. The van der Waals surface area contributed by atoms with Gasteiger partial charge < -0.3 is 25.0 Å². The van der Waals surface area contributed by atoms with Crippen LogP contribution >= 0.6 is 24.0 Å². The number of imidazole rings is 1. The number of halogens is 2. The summed E-state index contributed by atoms with van der Waals surface area (Å²) in [5.41, 5.74) is 2.04. The lowest BCUT2D eigenvalue weighted by atomic mass is 10.2. The molecule has 3 aromatic rings. The molecule has 0 bridgehead atoms. The molecule has 1 aromatic heterocycles. The van der Waals surface area contributed by atoms with Gasteiger partial charge in [0.2, 0.25) is 0 Å². The molecular formula is C23H29FIN5O2. The maximum atomic E-state index is 12.9. The minimum atomic E-state index is -0.791. The zero-order valence-electron chi connectivity index (χ0n) is 18.2. The first-order chi connectivity index (χ1) is 15.0. The van der Waals surface area contributed by atoms with Crippen LogP contribution in [-0.2, 0) is 6.54 Å². The number of nitrogens with zero attached hydrogens (tertiary/aromatic N) is 3. The molecule has 1 unspecified atom stereocenters. The van der Waals surface area contributed by atoms with Gasteiger partial charge in [-0.1, -0.05) is 30.3 Å². The second kappa shape index (κ2) is 13.0. The lowest BCUT2D eigenvalue weighted by molar-refractivity contribution is 0.114. The van der Waals surface area contributed by atoms with Crippen LogP contribution in [0.3, 0.4) is 0 Å². The monoisotopic (exact) mass is 553 g/mol. The SMILES string of the molecule is CCNC(=NCC(O)COc1ccc(F)cc1)N(C)Cc1ncc(-c2ccccc2)[nH]1.I. The average molecular weight is 553 g/mol. The number of hydrogen-bond acceptors (Lipinski definition) is 4. The van der Waals surface area contributed by atoms with Gasteiger partial charge in [0.15, 0.2) is 5.96 Å². The number of aliphatic hydroxyl groups is 1. The summed E-state index contributed by atoms with van der Waals surface area (Å²) in [5, 5.41) is 13.4. The van der Waals surface area contributed by atoms with E-state index in [1.165, 1.54) is 24.3 Å². The third-order valence-electron chi connectivity index (χ3n) is 4.50. The summed E-state index contributed by atoms with van der Waals surface area (Å²) in [6.45, 7) is 3.44. The van der Waals surface area contributed by atoms with Crippen molar-refractivity contribution in [2.24, 2.45) is 4.99 Å². The van der Waals surface area contributed by atoms with E-state index in [-0.39, 0.29) is 42.9 Å². The summed E-state index contributed by atoms with van der Waals surface area (Å²) in [5.74, 6) is 1.64. The van der Waals surface area contributed by atoms with Gasteiger partial charge in [0.25, 0.3) is 0 Å². The van der Waals surface area contributed by atoms with Crippen LogP contribution in [0, 0.1) is 5.82 Å². The number of aliphatic hydroxyl groups excluding tert-OH is 1. The minimum Gasteiger partial charge on any atom is -0.491 e. The van der Waals surface area contributed by atoms with Crippen LogP contribution in [0.1, 0.15) is 12.7 Å². The van der Waals surface area contributed by atoms with Gasteiger partial charge in [0.05, 0.1) is 25.0 Å². The van der Waals surface area contributed by atoms with Crippen LogP contribution in [0.25, 0.3) is 11.3 Å². The fourth-order valence-electron chi connectivity index (χ4n) is 2.94. The Kier molecular flexibility index (Phi) is 10.4. The third-order valence-corrected chi connectivity index (χ3v) is 4.50. The number of benzene rings is 2. The highest BCUT2D eigenvalue weighted by atomic mass is 127. The number of hydrogen-bond donors (Lipinski definition) is 3. The van der Waals surface area contributed by atoms with E-state index in [9.17, 15) is 9.50 Å². The Morgan fingerprint density at radius 3 is 2.62 bits per heavy atom. The van der Waals surface area contributed by atoms with Crippen molar-refractivity contribution in [3.05, 3.63) is 72.4 Å². The molecule has 0 radical (unpaired) electrons. The largest absolute Gasteiger partial charge is 0.491 e. The fourth-order valence-corrected chi connectivity index (χ4v) is 2.94. The van der Waals surface area contributed by atoms with E-state index in [0.717, 1.165) is 17.1 Å². The Hall–Kier alpha value is -2.66. The van der Waals surface area contributed by atoms with Crippen molar-refractivity contribution >= 4 is 29.9 Å². The van der Waals surface area contributed by atoms with Gasteiger partial charge in [-0.2, -0.15) is 0 Å². The van der Waals surface area contributed by atoms with E-state index in [0.29, 0.717) is 24.8 Å². The maximum Gasteiger partial charge on any atom is 0.194 e. The van der Waals surface area contributed by atoms with Crippen LogP contribution < -0.4 is 10.1 Å². The molecule has 32 heavy (non-hydrogen) atoms. The summed E-state index contributed by atoms with van der Waals surface area (Å²) >= 11 is 0. The van der Waals surface area contributed by atoms with Crippen molar-refractivity contribution in [3.63, 3.8) is 0 Å². The highest BCUT2D eigenvalue weighted by molar-refractivity contribution is 14.0. The highest BCUT2D eigenvalue weighted by Gasteiger charge is 2.12. The van der Waals surface area contributed by atoms with Gasteiger partial charge in [-0.05, 0) is 36.8 Å². The Labute approximate surface area is 204 Å². The Morgan fingerprint density at radius 1 is 1.22 bits per heavy atom. The maximum absolute atomic E-state index is 12.9. The second-order valence-corrected chi connectivity index (χ2v) is 7.08. The zero-order valence-corrected chi connectivity index (χ0v) is 20.5. The minimum absolute atomic E-state index is 0. The molecule has 0 aliphatic carbocycles. The van der Waals surface area contributed by atoms with E-state index in [4.69, 9.17) is 4.74 Å². The highest BCUT2D eigenvalue weighted by Crippen LogP contribution is 2.16. The summed E-state index contributed by atoms with van der Waals surface area (Å²) in [6.07, 6.45) is 1.03. The molecule has 0 spiro atoms. The molecule has 0 aliphatic heterocycles. The van der Waals surface area contributed by atoms with E-state index in [1.54, 1.807) is 0 Å². The predicted molar refractivity (Wildman–Crippen MR) is 135 cm³/mol. The van der Waals surface area contributed by atoms with Crippen molar-refractivity contribution < 1.29 is 14.2 Å². The quantitative estimate of drug-likeness (QED) is 0.214. The second-order valence-electron chi connectivity index (χ2n) is 7.08. The molecule has 0 fully saturated rings. The van der Waals surface area contributed by atoms with E-state index >= 15 is 0 Å². The molecule has 0 amide bonds. The Bertz CT molecular complexity index is 966. The van der Waals surface area contributed by atoms with E-state index < -0.39 is 6.10 Å². The number of ether oxygens (including phenoxy) is 1. The molecule has 1 atom stereocenters. The normalized spacial score (nSPS) is 12.1. The van der Waals surface area contributed by atoms with Crippen molar-refractivity contribution in [1.29, 1.82) is 0 Å². The first kappa shape index (κ1) is 25.6. The van der Waals surface area contributed by atoms with Gasteiger partial charge in [0, 0.05) is 13.6 Å². The lowest BCUT2D eigenvalue weighted by Crippen LogP contribution is -2.39. The molecule has 3 N–H and O–H groups in total. The molecule has 172 valence electrons. The average Bonchev–Trinajstić information content (AvgIpc) is 3.25. The fraction of sp³-hybridized carbons (Fsp3) is 0.304. The topological polar surface area (TPSA) is 85.8 Å². The van der Waals surface area contributed by atoms with Gasteiger partial charge in [0.1, 0.15) is 30.1 Å². The van der Waals surface area contributed by atoms with Gasteiger partial charge >= 0.3 is 0 Å². The van der Waals surface area contributed by atoms with Crippen molar-refractivity contribution in [3.8, 4) is 17.0 Å². The molecule has 7 nitrogen and oxygen atoms in total. The first-order valence-corrected chi connectivity index (χ1v) is 10.2. The van der Waals surface area contributed by atoms with Gasteiger partial charge in [-0.15, -0.1) is 24.0 Å². The molecule has 9 heteroatoms. The van der Waals surface area contributed by atoms with Crippen LogP contribution in [0.15, 0.2) is 65.8 Å². The number of guanidine groups is 1. The number of aromatic amines is 1. The Balaban J connectivity index is 0.00000363. The third kappa shape index (κ3) is 7.79. The van der Waals surface area contributed by atoms with E-state index in [1.807, 2.05) is 55.4 Å². The summed E-state index contributed by atoms with van der Waals surface area (Å²) in [4.78, 5) is 14.2. The number of aromatic nitrogens is 2. The van der Waals surface area contributed by atoms with Crippen LogP contribution in [0.4, 0.5) is 4.39 Å². The first-order valence-electron chi connectivity index (χ1n) is 10.2. The molecule has 0 saturated heterocycles. The molecule has 0 aliphatic rings. The number of H-pyrrole nitrogens is 1. The van der Waals surface area contributed by atoms with Crippen molar-refractivity contribution in [2.45, 2.75) is 19.6 Å². The number of rotatable bonds is 9. The van der Waals surface area contributed by atoms with Crippen LogP contribution in [-0.4, -0.2) is 58.8 Å². The summed E-state index contributed by atoms with van der Waals surface area (Å²) < 4.78 is 18.4. The van der Waals surface area contributed by atoms with Crippen molar-refractivity contribution in [2.75, 3.05) is 26.7 Å². The van der Waals surface area contributed by atoms with Gasteiger partial charge in [-0.25, -0.2) is 9.37 Å². The van der Waals surface area contributed by atoms with Crippen LogP contribution in [0.2, 0.25) is 0 Å². The van der Waals surface area contributed by atoms with E-state index in [2.05, 4.69) is 20.3 Å². The standard InChI is InChI=1S/C23H28FN5O2.HI/c1-3-25-23(27-13-19(30)16-31-20-11-9-18(24)10-12-20)29(2)15-22-26-14-21(28-22)17-7-5-4-6-8-17;/h4-12,14,19,30H,3,13,15-16H2,1-2H3,(H,25,27)(H,26,28);1H. The predicted octanol–water partition coefficient (Wildman–Crippen LogP) is 3.67. The van der Waals surface area contributed by atoms with Gasteiger partial charge in [-0.3, -0.25) is 4.99 Å². The smallest absolute Gasteiger partial charge is 0.194 e. The summed E-state index contributed by atoms with van der Waals surface area (Å²) in [7, 11) is 1.91. The molecule has 1 heterocycles. The Morgan fingerprint density at radius 2 is 1.94 bits per heavy atom. The van der Waals surface area contributed by atoms with Crippen LogP contribution in [0.5, 0.6) is 5.75 Å². The molecule has 2 aromatic carbocycles. The zero-order chi connectivity index (χ0) is 22.1. The lowest BCUT2D eigenvalue weighted by Gasteiger charge is -2.21. The number of nitrogens with one attached hydrogen (secondary N) is 2. The molecular weight excluding hydrogens is 524 g/mol. The molecule has 0 saturated carbocycles. The molecule has 3 rings (SSSR count).